The van der Waals surface area contributed by atoms with Crippen LogP contribution in [0.25, 0.3) is 11.6 Å². The number of nitrogens with zero attached hydrogens (tertiary/aromatic N) is 1. The Morgan fingerprint density at radius 3 is 2.50 bits per heavy atom. The van der Waals surface area contributed by atoms with Gasteiger partial charge in [0.15, 0.2) is 0 Å². The summed E-state index contributed by atoms with van der Waals surface area (Å²) in [5.74, 6) is -0.0325. The third-order valence-corrected chi connectivity index (χ3v) is 4.63. The number of benzene rings is 2. The van der Waals surface area contributed by atoms with Crippen molar-refractivity contribution in [3.8, 4) is 5.75 Å². The average Bonchev–Trinajstić information content (AvgIpc) is 3.18. The minimum absolute atomic E-state index is 0.367. The first-order chi connectivity index (χ1) is 12.7. The molecular weight excluding hydrogens is 348 g/mol. The van der Waals surface area contributed by atoms with E-state index < -0.39 is 5.91 Å². The highest BCUT2D eigenvalue weighted by Gasteiger charge is 2.26. The van der Waals surface area contributed by atoms with Gasteiger partial charge >= 0.3 is 0 Å². The van der Waals surface area contributed by atoms with Gasteiger partial charge in [-0.05, 0) is 35.4 Å². The lowest BCUT2D eigenvalue weighted by Gasteiger charge is -2.18. The topological polar surface area (TPSA) is 68.3 Å². The monoisotopic (exact) mass is 362 g/mol. The van der Waals surface area contributed by atoms with Crippen LogP contribution in [-0.4, -0.2) is 16.8 Å². The molecule has 6 heteroatoms. The summed E-state index contributed by atoms with van der Waals surface area (Å²) in [6.07, 6.45) is 1.77. The molecule has 0 atom stereocenters. The minimum Gasteiger partial charge on any atom is -0.487 e. The summed E-state index contributed by atoms with van der Waals surface area (Å²) in [7, 11) is 0. The zero-order chi connectivity index (χ0) is 17.9. The molecule has 2 heterocycles. The molecule has 4 rings (SSSR count). The van der Waals surface area contributed by atoms with Crippen molar-refractivity contribution >= 4 is 34.8 Å². The number of carbonyl (C=O) groups excluding carboxylic acids is 2. The van der Waals surface area contributed by atoms with Crippen LogP contribution in [0.1, 0.15) is 27.2 Å². The zero-order valence-corrected chi connectivity index (χ0v) is 14.5. The standard InChI is InChI=1S/C20H14N2O3S/c23-19-17-4-2-1-3-16(17)18(20(24)22-19)9-13-5-7-15(8-6-13)25-10-14-11-26-12-21-14/h1-9,11-12H,10H2,(H,22,23,24). The maximum atomic E-state index is 12.2. The van der Waals surface area contributed by atoms with Crippen molar-refractivity contribution in [2.75, 3.05) is 0 Å². The fourth-order valence-corrected chi connectivity index (χ4v) is 3.26. The van der Waals surface area contributed by atoms with E-state index in [4.69, 9.17) is 4.74 Å². The molecule has 2 aromatic carbocycles. The first-order valence-electron chi connectivity index (χ1n) is 7.97. The highest BCUT2D eigenvalue weighted by molar-refractivity contribution is 7.07. The molecule has 0 fully saturated rings. The normalized spacial score (nSPS) is 14.8. The molecule has 0 spiro atoms. The maximum Gasteiger partial charge on any atom is 0.258 e. The number of amides is 2. The van der Waals surface area contributed by atoms with Gasteiger partial charge in [0.2, 0.25) is 0 Å². The van der Waals surface area contributed by atoms with E-state index in [0.717, 1.165) is 17.0 Å². The van der Waals surface area contributed by atoms with E-state index >= 15 is 0 Å². The van der Waals surface area contributed by atoms with Gasteiger partial charge in [-0.3, -0.25) is 14.9 Å². The number of nitrogens with one attached hydrogen (secondary N) is 1. The van der Waals surface area contributed by atoms with Crippen molar-refractivity contribution in [2.24, 2.45) is 0 Å². The highest BCUT2D eigenvalue weighted by atomic mass is 32.1. The molecule has 26 heavy (non-hydrogen) atoms. The Kier molecular flexibility index (Phi) is 4.33. The number of ether oxygens (including phenoxy) is 1. The Hall–Kier alpha value is -3.25. The number of hydrogen-bond acceptors (Lipinski definition) is 5. The summed E-state index contributed by atoms with van der Waals surface area (Å²) in [5.41, 5.74) is 5.12. The lowest BCUT2D eigenvalue weighted by molar-refractivity contribution is -0.114. The lowest BCUT2D eigenvalue weighted by Crippen LogP contribution is -2.36. The summed E-state index contributed by atoms with van der Waals surface area (Å²) >= 11 is 1.53. The molecule has 1 aliphatic heterocycles. The van der Waals surface area contributed by atoms with Crippen molar-refractivity contribution < 1.29 is 14.3 Å². The largest absolute Gasteiger partial charge is 0.487 e. The van der Waals surface area contributed by atoms with Crippen LogP contribution in [0, 0.1) is 0 Å². The summed E-state index contributed by atoms with van der Waals surface area (Å²) in [6, 6.07) is 14.5. The molecule has 0 bridgehead atoms. The number of imide groups is 1. The van der Waals surface area contributed by atoms with Gasteiger partial charge < -0.3 is 4.74 Å². The van der Waals surface area contributed by atoms with E-state index in [1.54, 1.807) is 29.8 Å². The van der Waals surface area contributed by atoms with Gasteiger partial charge in [-0.1, -0.05) is 30.3 Å². The molecule has 0 unspecified atom stereocenters. The van der Waals surface area contributed by atoms with Crippen LogP contribution in [0.2, 0.25) is 0 Å². The van der Waals surface area contributed by atoms with Crippen molar-refractivity contribution in [2.45, 2.75) is 6.61 Å². The summed E-state index contributed by atoms with van der Waals surface area (Å²) in [6.45, 7) is 0.418. The van der Waals surface area contributed by atoms with Crippen LogP contribution in [0.3, 0.4) is 0 Å². The summed E-state index contributed by atoms with van der Waals surface area (Å²) < 4.78 is 5.69. The number of rotatable bonds is 4. The van der Waals surface area contributed by atoms with Crippen molar-refractivity contribution in [3.63, 3.8) is 0 Å². The Bertz CT molecular complexity index is 992. The van der Waals surface area contributed by atoms with Crippen LogP contribution in [0.4, 0.5) is 0 Å². The molecular formula is C20H14N2O3S. The maximum absolute atomic E-state index is 12.2. The first-order valence-corrected chi connectivity index (χ1v) is 8.92. The highest BCUT2D eigenvalue weighted by Crippen LogP contribution is 2.26. The zero-order valence-electron chi connectivity index (χ0n) is 13.6. The molecule has 2 amide bonds. The summed E-state index contributed by atoms with van der Waals surface area (Å²) in [4.78, 5) is 28.3. The van der Waals surface area contributed by atoms with Crippen molar-refractivity contribution in [1.29, 1.82) is 0 Å². The van der Waals surface area contributed by atoms with E-state index in [2.05, 4.69) is 10.3 Å². The molecule has 0 saturated heterocycles. The van der Waals surface area contributed by atoms with E-state index in [1.165, 1.54) is 11.3 Å². The Labute approximate surface area is 154 Å². The van der Waals surface area contributed by atoms with E-state index in [-0.39, 0.29) is 5.91 Å². The molecule has 1 aliphatic rings. The Morgan fingerprint density at radius 2 is 1.77 bits per heavy atom. The Balaban J connectivity index is 1.57. The second-order valence-electron chi connectivity index (χ2n) is 5.72. The summed E-state index contributed by atoms with van der Waals surface area (Å²) in [5, 5.41) is 4.32. The van der Waals surface area contributed by atoms with Gasteiger partial charge in [-0.25, -0.2) is 4.98 Å². The van der Waals surface area contributed by atoms with Gasteiger partial charge in [0.25, 0.3) is 11.8 Å². The van der Waals surface area contributed by atoms with Crippen LogP contribution in [-0.2, 0) is 11.4 Å². The van der Waals surface area contributed by atoms with Gasteiger partial charge in [-0.15, -0.1) is 11.3 Å². The molecule has 1 aromatic heterocycles. The number of fused-ring (bicyclic) bond motifs is 1. The fraction of sp³-hybridized carbons (Fsp3) is 0.0500. The quantitative estimate of drug-likeness (QED) is 0.569. The van der Waals surface area contributed by atoms with Crippen molar-refractivity contribution in [3.05, 3.63) is 81.8 Å². The molecule has 5 nitrogen and oxygen atoms in total. The molecule has 1 N–H and O–H groups in total. The molecule has 0 radical (unpaired) electrons. The molecule has 128 valence electrons. The van der Waals surface area contributed by atoms with Gasteiger partial charge in [0, 0.05) is 16.5 Å². The minimum atomic E-state index is -0.391. The van der Waals surface area contributed by atoms with E-state index in [1.807, 2.05) is 35.7 Å². The SMILES string of the molecule is O=C1NC(=O)c2ccccc2C1=Cc1ccc(OCc2cscn2)cc1. The van der Waals surface area contributed by atoms with Gasteiger partial charge in [0.05, 0.1) is 11.2 Å². The van der Waals surface area contributed by atoms with E-state index in [9.17, 15) is 9.59 Å². The van der Waals surface area contributed by atoms with Gasteiger partial charge in [-0.2, -0.15) is 0 Å². The Morgan fingerprint density at radius 1 is 1.00 bits per heavy atom. The van der Waals surface area contributed by atoms with Crippen LogP contribution >= 0.6 is 11.3 Å². The third kappa shape index (κ3) is 3.27. The lowest BCUT2D eigenvalue weighted by atomic mass is 9.93. The predicted molar refractivity (Wildman–Crippen MR) is 99.7 cm³/mol. The van der Waals surface area contributed by atoms with Crippen LogP contribution < -0.4 is 10.1 Å². The van der Waals surface area contributed by atoms with Crippen LogP contribution in [0.5, 0.6) is 5.75 Å². The third-order valence-electron chi connectivity index (χ3n) is 3.99. The smallest absolute Gasteiger partial charge is 0.258 e. The molecule has 0 aliphatic carbocycles. The second kappa shape index (κ2) is 6.93. The van der Waals surface area contributed by atoms with Crippen LogP contribution in [0.15, 0.2) is 59.4 Å². The number of thiazole rings is 1. The predicted octanol–water partition coefficient (Wildman–Crippen LogP) is 3.53. The number of carbonyl (C=O) groups is 2. The molecule has 0 saturated carbocycles. The average molecular weight is 362 g/mol. The van der Waals surface area contributed by atoms with E-state index in [0.29, 0.717) is 23.3 Å². The first kappa shape index (κ1) is 16.2. The number of hydrogen-bond donors (Lipinski definition) is 1. The fourth-order valence-electron chi connectivity index (χ4n) is 2.71. The molecule has 3 aromatic rings. The second-order valence-corrected chi connectivity index (χ2v) is 6.44. The number of aromatic nitrogens is 1. The van der Waals surface area contributed by atoms with Gasteiger partial charge in [0.1, 0.15) is 12.4 Å². The van der Waals surface area contributed by atoms with Crippen molar-refractivity contribution in [1.82, 2.24) is 10.3 Å².